The van der Waals surface area contributed by atoms with Gasteiger partial charge in [0.2, 0.25) is 0 Å². The molecule has 1 aromatic carbocycles. The van der Waals surface area contributed by atoms with Crippen molar-refractivity contribution in [2.45, 2.75) is 13.2 Å². The number of nitrogens with one attached hydrogen (secondary N) is 2. The monoisotopic (exact) mass is 340 g/mol. The molecule has 0 radical (unpaired) electrons. The molecule has 0 aliphatic heterocycles. The van der Waals surface area contributed by atoms with Crippen molar-refractivity contribution in [3.05, 3.63) is 70.9 Å². The van der Waals surface area contributed by atoms with Crippen molar-refractivity contribution in [1.82, 2.24) is 15.3 Å². The number of hydrogen-bond donors (Lipinski definition) is 2. The van der Waals surface area contributed by atoms with Crippen LogP contribution in [0.4, 0.5) is 10.5 Å². The summed E-state index contributed by atoms with van der Waals surface area (Å²) in [7, 11) is 0. The van der Waals surface area contributed by atoms with Crippen LogP contribution in [0, 0.1) is 0 Å². The lowest BCUT2D eigenvalue weighted by molar-refractivity contribution is 0.251. The first-order chi connectivity index (χ1) is 11.8. The summed E-state index contributed by atoms with van der Waals surface area (Å²) < 4.78 is 5.67. The predicted octanol–water partition coefficient (Wildman–Crippen LogP) is 3.44. The number of pyridine rings is 1. The van der Waals surface area contributed by atoms with E-state index in [9.17, 15) is 4.79 Å². The number of amides is 2. The zero-order valence-electron chi connectivity index (χ0n) is 12.8. The molecule has 24 heavy (non-hydrogen) atoms. The summed E-state index contributed by atoms with van der Waals surface area (Å²) in [5, 5.41) is 7.52. The van der Waals surface area contributed by atoms with E-state index in [2.05, 4.69) is 20.6 Å². The minimum absolute atomic E-state index is 0.275. The maximum absolute atomic E-state index is 12.0. The Morgan fingerprint density at radius 3 is 2.88 bits per heavy atom. The van der Waals surface area contributed by atoms with E-state index in [1.807, 2.05) is 35.7 Å². The highest BCUT2D eigenvalue weighted by molar-refractivity contribution is 7.07. The highest BCUT2D eigenvalue weighted by Gasteiger charge is 2.04. The van der Waals surface area contributed by atoms with Crippen LogP contribution in [0.1, 0.15) is 11.3 Å². The van der Waals surface area contributed by atoms with Crippen molar-refractivity contribution in [2.24, 2.45) is 0 Å². The number of urea groups is 1. The van der Waals surface area contributed by atoms with Gasteiger partial charge in [0.25, 0.3) is 0 Å². The molecule has 2 N–H and O–H groups in total. The third-order valence-electron chi connectivity index (χ3n) is 3.16. The van der Waals surface area contributed by atoms with E-state index in [4.69, 9.17) is 4.74 Å². The van der Waals surface area contributed by atoms with Crippen LogP contribution < -0.4 is 15.4 Å². The lowest BCUT2D eigenvalue weighted by Gasteiger charge is -2.09. The molecule has 7 heteroatoms. The fraction of sp³-hybridized carbons (Fsp3) is 0.118. The summed E-state index contributed by atoms with van der Waals surface area (Å²) in [6, 6.07) is 10.7. The fourth-order valence-electron chi connectivity index (χ4n) is 1.99. The number of benzene rings is 1. The van der Waals surface area contributed by atoms with Crippen molar-refractivity contribution in [3.63, 3.8) is 0 Å². The van der Waals surface area contributed by atoms with E-state index in [0.717, 1.165) is 11.3 Å². The quantitative estimate of drug-likeness (QED) is 0.721. The second kappa shape index (κ2) is 8.07. The Bertz CT molecular complexity index is 778. The van der Waals surface area contributed by atoms with Crippen LogP contribution in [0.5, 0.6) is 5.75 Å². The van der Waals surface area contributed by atoms with Crippen molar-refractivity contribution in [3.8, 4) is 5.75 Å². The maximum Gasteiger partial charge on any atom is 0.319 e. The summed E-state index contributed by atoms with van der Waals surface area (Å²) in [6.45, 7) is 0.843. The molecule has 2 heterocycles. The third-order valence-corrected chi connectivity index (χ3v) is 3.80. The van der Waals surface area contributed by atoms with Gasteiger partial charge in [-0.15, -0.1) is 11.3 Å². The van der Waals surface area contributed by atoms with Crippen LogP contribution in [0.25, 0.3) is 0 Å². The molecule has 0 fully saturated rings. The van der Waals surface area contributed by atoms with Crippen LogP contribution >= 0.6 is 11.3 Å². The molecule has 0 atom stereocenters. The Kier molecular flexibility index (Phi) is 5.36. The number of aromatic nitrogens is 2. The average molecular weight is 340 g/mol. The zero-order chi connectivity index (χ0) is 16.6. The third kappa shape index (κ3) is 4.79. The van der Waals surface area contributed by atoms with Crippen LogP contribution in [-0.4, -0.2) is 16.0 Å². The first-order valence-corrected chi connectivity index (χ1v) is 8.27. The van der Waals surface area contributed by atoms with Crippen LogP contribution in [0.2, 0.25) is 0 Å². The van der Waals surface area contributed by atoms with Gasteiger partial charge in [-0.05, 0) is 29.8 Å². The van der Waals surface area contributed by atoms with Gasteiger partial charge in [0.15, 0.2) is 0 Å². The van der Waals surface area contributed by atoms with E-state index in [0.29, 0.717) is 24.6 Å². The SMILES string of the molecule is O=C(NCc1ccncc1)Nc1cccc(OCc2cscn2)c1. The van der Waals surface area contributed by atoms with Gasteiger partial charge < -0.3 is 15.4 Å². The van der Waals surface area contributed by atoms with Gasteiger partial charge in [0.1, 0.15) is 12.4 Å². The predicted molar refractivity (Wildman–Crippen MR) is 93.0 cm³/mol. The first kappa shape index (κ1) is 15.9. The first-order valence-electron chi connectivity index (χ1n) is 7.33. The molecule has 0 saturated heterocycles. The molecule has 6 nitrogen and oxygen atoms in total. The number of carbonyl (C=O) groups is 1. The lowest BCUT2D eigenvalue weighted by Crippen LogP contribution is -2.28. The van der Waals surface area contributed by atoms with Gasteiger partial charge in [0, 0.05) is 36.1 Å². The van der Waals surface area contributed by atoms with Crippen molar-refractivity contribution in [1.29, 1.82) is 0 Å². The zero-order valence-corrected chi connectivity index (χ0v) is 13.6. The fourth-order valence-corrected chi connectivity index (χ4v) is 2.53. The summed E-state index contributed by atoms with van der Waals surface area (Å²) >= 11 is 1.53. The van der Waals surface area contributed by atoms with E-state index < -0.39 is 0 Å². The van der Waals surface area contributed by atoms with Crippen LogP contribution in [0.15, 0.2) is 59.7 Å². The molecule has 2 aromatic heterocycles. The molecule has 3 aromatic rings. The normalized spacial score (nSPS) is 10.2. The molecule has 3 rings (SSSR count). The second-order valence-electron chi connectivity index (χ2n) is 4.96. The van der Waals surface area contributed by atoms with Gasteiger partial charge >= 0.3 is 6.03 Å². The number of carbonyl (C=O) groups excluding carboxylic acids is 1. The van der Waals surface area contributed by atoms with Gasteiger partial charge in [-0.1, -0.05) is 6.07 Å². The van der Waals surface area contributed by atoms with E-state index in [1.54, 1.807) is 24.0 Å². The average Bonchev–Trinajstić information content (AvgIpc) is 3.13. The maximum atomic E-state index is 12.0. The summed E-state index contributed by atoms with van der Waals surface area (Å²) in [4.78, 5) is 20.1. The van der Waals surface area contributed by atoms with Gasteiger partial charge in [-0.25, -0.2) is 9.78 Å². The molecule has 0 bridgehead atoms. The lowest BCUT2D eigenvalue weighted by atomic mass is 10.3. The van der Waals surface area contributed by atoms with Crippen molar-refractivity contribution in [2.75, 3.05) is 5.32 Å². The molecular weight excluding hydrogens is 324 g/mol. The Balaban J connectivity index is 1.51. The van der Waals surface area contributed by atoms with E-state index in [1.165, 1.54) is 11.3 Å². The highest BCUT2D eigenvalue weighted by atomic mass is 32.1. The topological polar surface area (TPSA) is 76.1 Å². The number of rotatable bonds is 6. The molecule has 0 aliphatic rings. The van der Waals surface area contributed by atoms with Crippen LogP contribution in [-0.2, 0) is 13.2 Å². The number of anilines is 1. The Hall–Kier alpha value is -2.93. The van der Waals surface area contributed by atoms with Crippen molar-refractivity contribution >= 4 is 23.1 Å². The minimum Gasteiger partial charge on any atom is -0.487 e. The van der Waals surface area contributed by atoms with Gasteiger partial charge in [-0.2, -0.15) is 0 Å². The highest BCUT2D eigenvalue weighted by Crippen LogP contribution is 2.18. The molecule has 0 saturated carbocycles. The molecule has 0 unspecified atom stereocenters. The summed E-state index contributed by atoms with van der Waals surface area (Å²) in [6.07, 6.45) is 3.39. The smallest absolute Gasteiger partial charge is 0.319 e. The Morgan fingerprint density at radius 2 is 2.08 bits per heavy atom. The minimum atomic E-state index is -0.275. The van der Waals surface area contributed by atoms with Gasteiger partial charge in [-0.3, -0.25) is 4.98 Å². The molecule has 0 spiro atoms. The van der Waals surface area contributed by atoms with Gasteiger partial charge in [0.05, 0.1) is 11.2 Å². The standard InChI is InChI=1S/C17H16N4O2S/c22-17(19-9-13-4-6-18-7-5-13)21-14-2-1-3-16(8-14)23-10-15-11-24-12-20-15/h1-8,11-12H,9-10H2,(H2,19,21,22). The molecule has 2 amide bonds. The number of nitrogens with zero attached hydrogens (tertiary/aromatic N) is 2. The largest absolute Gasteiger partial charge is 0.487 e. The summed E-state index contributed by atoms with van der Waals surface area (Å²) in [5.74, 6) is 0.676. The second-order valence-corrected chi connectivity index (χ2v) is 5.68. The number of thiazole rings is 1. The number of hydrogen-bond acceptors (Lipinski definition) is 5. The molecular formula is C17H16N4O2S. The molecule has 0 aliphatic carbocycles. The Morgan fingerprint density at radius 1 is 1.21 bits per heavy atom. The van der Waals surface area contributed by atoms with E-state index in [-0.39, 0.29) is 6.03 Å². The van der Waals surface area contributed by atoms with E-state index >= 15 is 0 Å². The molecule has 122 valence electrons. The summed E-state index contributed by atoms with van der Waals surface area (Å²) in [5.41, 5.74) is 4.30. The Labute approximate surface area is 143 Å². The van der Waals surface area contributed by atoms with Crippen LogP contribution in [0.3, 0.4) is 0 Å². The number of ether oxygens (including phenoxy) is 1. The van der Waals surface area contributed by atoms with Crippen molar-refractivity contribution < 1.29 is 9.53 Å².